The molecule has 0 N–H and O–H groups in total. The van der Waals surface area contributed by atoms with Gasteiger partial charge < -0.3 is 4.90 Å². The molecule has 0 bridgehead atoms. The maximum atomic E-state index is 12.4. The molecule has 2 aromatic rings. The molecular weight excluding hydrogens is 278 g/mol. The molecule has 1 aliphatic rings. The first kappa shape index (κ1) is 14.4. The molecule has 1 saturated heterocycles. The standard InChI is InChI=1S/C17H17N3O2/c21-16(13-4-2-1-3-5-13)14-6-10-20(11-7-14)17(22)15-12-18-8-9-19-15/h1-5,8-9,12,14H,6-7,10-11H2. The fourth-order valence-corrected chi connectivity index (χ4v) is 2.75. The van der Waals surface area contributed by atoms with Gasteiger partial charge in [0.05, 0.1) is 6.20 Å². The predicted molar refractivity (Wildman–Crippen MR) is 81.4 cm³/mol. The highest BCUT2D eigenvalue weighted by molar-refractivity contribution is 5.98. The van der Waals surface area contributed by atoms with Gasteiger partial charge in [0.25, 0.3) is 5.91 Å². The Kier molecular flexibility index (Phi) is 4.23. The van der Waals surface area contributed by atoms with E-state index in [0.717, 1.165) is 5.56 Å². The third-order valence-electron chi connectivity index (χ3n) is 3.99. The summed E-state index contributed by atoms with van der Waals surface area (Å²) in [6.45, 7) is 1.16. The zero-order valence-corrected chi connectivity index (χ0v) is 12.2. The van der Waals surface area contributed by atoms with Crippen LogP contribution in [0.3, 0.4) is 0 Å². The summed E-state index contributed by atoms with van der Waals surface area (Å²) < 4.78 is 0. The van der Waals surface area contributed by atoms with Crippen LogP contribution in [0.15, 0.2) is 48.9 Å². The fourth-order valence-electron chi connectivity index (χ4n) is 2.75. The summed E-state index contributed by atoms with van der Waals surface area (Å²) in [6, 6.07) is 9.34. The molecule has 112 valence electrons. The van der Waals surface area contributed by atoms with E-state index in [2.05, 4.69) is 9.97 Å². The Labute approximate surface area is 129 Å². The highest BCUT2D eigenvalue weighted by Gasteiger charge is 2.28. The number of Topliss-reactive ketones (excluding diaryl/α,β-unsaturated/α-hetero) is 1. The second kappa shape index (κ2) is 6.47. The van der Waals surface area contributed by atoms with Crippen LogP contribution in [0.5, 0.6) is 0 Å². The van der Waals surface area contributed by atoms with Gasteiger partial charge in [-0.05, 0) is 12.8 Å². The maximum Gasteiger partial charge on any atom is 0.274 e. The van der Waals surface area contributed by atoms with Crippen LogP contribution in [-0.4, -0.2) is 39.6 Å². The van der Waals surface area contributed by atoms with Gasteiger partial charge in [0.2, 0.25) is 0 Å². The van der Waals surface area contributed by atoms with E-state index in [1.807, 2.05) is 30.3 Å². The van der Waals surface area contributed by atoms with Crippen LogP contribution in [0.4, 0.5) is 0 Å². The molecule has 1 fully saturated rings. The Hall–Kier alpha value is -2.56. The number of ketones is 1. The second-order valence-corrected chi connectivity index (χ2v) is 5.39. The van der Waals surface area contributed by atoms with E-state index in [9.17, 15) is 9.59 Å². The van der Waals surface area contributed by atoms with Crippen LogP contribution < -0.4 is 0 Å². The third-order valence-corrected chi connectivity index (χ3v) is 3.99. The zero-order chi connectivity index (χ0) is 15.4. The molecule has 0 saturated carbocycles. The SMILES string of the molecule is O=C(c1ccccc1)C1CCN(C(=O)c2cnccn2)CC1. The van der Waals surface area contributed by atoms with Gasteiger partial charge in [0, 0.05) is 37.0 Å². The van der Waals surface area contributed by atoms with Crippen molar-refractivity contribution in [1.82, 2.24) is 14.9 Å². The lowest BCUT2D eigenvalue weighted by atomic mass is 9.89. The molecule has 1 amide bonds. The van der Waals surface area contributed by atoms with Crippen molar-refractivity contribution in [2.75, 3.05) is 13.1 Å². The summed E-state index contributed by atoms with van der Waals surface area (Å²) >= 11 is 0. The largest absolute Gasteiger partial charge is 0.337 e. The van der Waals surface area contributed by atoms with E-state index in [-0.39, 0.29) is 17.6 Å². The molecule has 3 rings (SSSR count). The molecule has 0 spiro atoms. The Morgan fingerprint density at radius 2 is 1.77 bits per heavy atom. The normalized spacial score (nSPS) is 15.5. The Morgan fingerprint density at radius 3 is 2.41 bits per heavy atom. The number of nitrogens with zero attached hydrogens (tertiary/aromatic N) is 3. The predicted octanol–water partition coefficient (Wildman–Crippen LogP) is 2.21. The molecule has 0 atom stereocenters. The molecule has 22 heavy (non-hydrogen) atoms. The number of aromatic nitrogens is 2. The van der Waals surface area contributed by atoms with Gasteiger partial charge in [-0.1, -0.05) is 30.3 Å². The Bertz CT molecular complexity index is 591. The van der Waals surface area contributed by atoms with Crippen molar-refractivity contribution >= 4 is 11.7 Å². The fraction of sp³-hybridized carbons (Fsp3) is 0.294. The number of benzene rings is 1. The molecule has 0 unspecified atom stereocenters. The molecule has 5 nitrogen and oxygen atoms in total. The summed E-state index contributed by atoms with van der Waals surface area (Å²) in [7, 11) is 0. The van der Waals surface area contributed by atoms with E-state index in [0.29, 0.717) is 31.6 Å². The van der Waals surface area contributed by atoms with Crippen LogP contribution in [0.1, 0.15) is 33.7 Å². The quantitative estimate of drug-likeness (QED) is 0.814. The minimum absolute atomic E-state index is 0.00620. The second-order valence-electron chi connectivity index (χ2n) is 5.39. The molecule has 5 heteroatoms. The lowest BCUT2D eigenvalue weighted by Gasteiger charge is -2.31. The average Bonchev–Trinajstić information content (AvgIpc) is 2.62. The number of piperidine rings is 1. The van der Waals surface area contributed by atoms with Gasteiger partial charge in [-0.2, -0.15) is 0 Å². The lowest BCUT2D eigenvalue weighted by Crippen LogP contribution is -2.40. The van der Waals surface area contributed by atoms with Crippen molar-refractivity contribution in [3.05, 3.63) is 60.2 Å². The van der Waals surface area contributed by atoms with E-state index >= 15 is 0 Å². The van der Waals surface area contributed by atoms with Crippen molar-refractivity contribution in [3.63, 3.8) is 0 Å². The smallest absolute Gasteiger partial charge is 0.274 e. The average molecular weight is 295 g/mol. The molecule has 1 aromatic heterocycles. The van der Waals surface area contributed by atoms with Crippen molar-refractivity contribution in [3.8, 4) is 0 Å². The van der Waals surface area contributed by atoms with Gasteiger partial charge in [-0.25, -0.2) is 4.98 Å². The monoisotopic (exact) mass is 295 g/mol. The highest BCUT2D eigenvalue weighted by Crippen LogP contribution is 2.22. The minimum atomic E-state index is -0.112. The molecule has 1 aliphatic heterocycles. The number of amides is 1. The summed E-state index contributed by atoms with van der Waals surface area (Å²) in [5, 5.41) is 0. The van der Waals surface area contributed by atoms with E-state index in [4.69, 9.17) is 0 Å². The zero-order valence-electron chi connectivity index (χ0n) is 12.2. The van der Waals surface area contributed by atoms with Gasteiger partial charge in [-0.3, -0.25) is 14.6 Å². The highest BCUT2D eigenvalue weighted by atomic mass is 16.2. The molecule has 2 heterocycles. The summed E-state index contributed by atoms with van der Waals surface area (Å²) in [5.74, 6) is 0.0548. The summed E-state index contributed by atoms with van der Waals surface area (Å²) in [6.07, 6.45) is 5.92. The number of rotatable bonds is 3. The number of carbonyl (C=O) groups is 2. The topological polar surface area (TPSA) is 63.2 Å². The molecule has 0 aliphatic carbocycles. The minimum Gasteiger partial charge on any atom is -0.337 e. The number of hydrogen-bond donors (Lipinski definition) is 0. The van der Waals surface area contributed by atoms with Crippen molar-refractivity contribution in [2.45, 2.75) is 12.8 Å². The first-order chi connectivity index (χ1) is 10.8. The number of carbonyl (C=O) groups excluding carboxylic acids is 2. The van der Waals surface area contributed by atoms with Crippen LogP contribution in [0, 0.1) is 5.92 Å². The lowest BCUT2D eigenvalue weighted by molar-refractivity contribution is 0.0645. The number of hydrogen-bond acceptors (Lipinski definition) is 4. The van der Waals surface area contributed by atoms with Crippen LogP contribution >= 0.6 is 0 Å². The maximum absolute atomic E-state index is 12.4. The van der Waals surface area contributed by atoms with Crippen molar-refractivity contribution in [2.24, 2.45) is 5.92 Å². The van der Waals surface area contributed by atoms with Crippen LogP contribution in [-0.2, 0) is 0 Å². The van der Waals surface area contributed by atoms with Gasteiger partial charge in [0.15, 0.2) is 5.78 Å². The summed E-state index contributed by atoms with van der Waals surface area (Å²) in [4.78, 5) is 34.4. The molecular formula is C17H17N3O2. The molecule has 0 radical (unpaired) electrons. The van der Waals surface area contributed by atoms with E-state index < -0.39 is 0 Å². The Morgan fingerprint density at radius 1 is 1.05 bits per heavy atom. The van der Waals surface area contributed by atoms with Crippen LogP contribution in [0.25, 0.3) is 0 Å². The van der Waals surface area contributed by atoms with E-state index in [1.54, 1.807) is 11.1 Å². The van der Waals surface area contributed by atoms with Gasteiger partial charge in [-0.15, -0.1) is 0 Å². The van der Waals surface area contributed by atoms with E-state index in [1.165, 1.54) is 12.4 Å². The summed E-state index contributed by atoms with van der Waals surface area (Å²) in [5.41, 5.74) is 1.11. The Balaban J connectivity index is 1.61. The number of likely N-dealkylation sites (tertiary alicyclic amines) is 1. The van der Waals surface area contributed by atoms with Crippen LogP contribution in [0.2, 0.25) is 0 Å². The molecule has 1 aromatic carbocycles. The van der Waals surface area contributed by atoms with Crippen molar-refractivity contribution in [1.29, 1.82) is 0 Å². The third kappa shape index (κ3) is 3.03. The van der Waals surface area contributed by atoms with Crippen molar-refractivity contribution < 1.29 is 9.59 Å². The van der Waals surface area contributed by atoms with Gasteiger partial charge >= 0.3 is 0 Å². The first-order valence-corrected chi connectivity index (χ1v) is 7.40. The first-order valence-electron chi connectivity index (χ1n) is 7.40. The van der Waals surface area contributed by atoms with Gasteiger partial charge in [0.1, 0.15) is 5.69 Å².